The summed E-state index contributed by atoms with van der Waals surface area (Å²) in [7, 11) is 0. The first-order chi connectivity index (χ1) is 10.3. The first-order valence-electron chi connectivity index (χ1n) is 7.74. The third-order valence-electron chi connectivity index (χ3n) is 4.25. The summed E-state index contributed by atoms with van der Waals surface area (Å²) >= 11 is 3.54. The van der Waals surface area contributed by atoms with E-state index >= 15 is 0 Å². The maximum Gasteiger partial charge on any atom is 0.175 e. The van der Waals surface area contributed by atoms with Gasteiger partial charge in [-0.2, -0.15) is 0 Å². The van der Waals surface area contributed by atoms with Gasteiger partial charge in [0.1, 0.15) is 13.2 Å². The summed E-state index contributed by atoms with van der Waals surface area (Å²) in [4.78, 5) is 0. The molecule has 1 aromatic rings. The van der Waals surface area contributed by atoms with Crippen LogP contribution in [0.2, 0.25) is 0 Å². The van der Waals surface area contributed by atoms with Crippen molar-refractivity contribution in [2.75, 3.05) is 19.8 Å². The fourth-order valence-corrected chi connectivity index (χ4v) is 3.71. The summed E-state index contributed by atoms with van der Waals surface area (Å²) in [5, 5.41) is 13.3. The van der Waals surface area contributed by atoms with Gasteiger partial charge in [0.15, 0.2) is 11.5 Å². The van der Waals surface area contributed by atoms with Gasteiger partial charge >= 0.3 is 0 Å². The van der Waals surface area contributed by atoms with Crippen LogP contribution in [0, 0.1) is 0 Å². The number of rotatable bonds is 4. The molecule has 5 heteroatoms. The van der Waals surface area contributed by atoms with Crippen molar-refractivity contribution >= 4 is 15.9 Å². The summed E-state index contributed by atoms with van der Waals surface area (Å²) in [5.74, 6) is 1.52. The van der Waals surface area contributed by atoms with Gasteiger partial charge in [0.2, 0.25) is 0 Å². The molecule has 0 saturated heterocycles. The average molecular weight is 356 g/mol. The summed E-state index contributed by atoms with van der Waals surface area (Å²) in [6, 6.07) is 4.45. The molecule has 2 N–H and O–H groups in total. The van der Waals surface area contributed by atoms with Gasteiger partial charge < -0.3 is 19.9 Å². The predicted molar refractivity (Wildman–Crippen MR) is 85.0 cm³/mol. The molecule has 1 aliphatic heterocycles. The van der Waals surface area contributed by atoms with E-state index in [9.17, 15) is 5.11 Å². The van der Waals surface area contributed by atoms with Gasteiger partial charge in [-0.05, 0) is 46.5 Å². The van der Waals surface area contributed by atoms with Crippen LogP contribution in [0.1, 0.15) is 43.7 Å². The standard InChI is InChI=1S/C16H22BrNO3/c17-13-8-11(9-15-16(13)21-7-6-20-15)14(10-19)18-12-4-2-1-3-5-12/h8-9,12,14,18-19H,1-7,10H2. The number of nitrogens with one attached hydrogen (secondary N) is 1. The van der Waals surface area contributed by atoms with E-state index in [1.54, 1.807) is 0 Å². The lowest BCUT2D eigenvalue weighted by Gasteiger charge is -2.29. The molecule has 1 fully saturated rings. The number of benzene rings is 1. The number of ether oxygens (including phenoxy) is 2. The molecule has 2 aliphatic rings. The van der Waals surface area contributed by atoms with Gasteiger partial charge in [0.05, 0.1) is 17.1 Å². The smallest absolute Gasteiger partial charge is 0.175 e. The Morgan fingerprint density at radius 1 is 1.19 bits per heavy atom. The van der Waals surface area contributed by atoms with Gasteiger partial charge in [-0.1, -0.05) is 19.3 Å². The molecule has 0 bridgehead atoms. The minimum atomic E-state index is -0.0553. The largest absolute Gasteiger partial charge is 0.486 e. The van der Waals surface area contributed by atoms with Crippen LogP contribution in [0.5, 0.6) is 11.5 Å². The SMILES string of the molecule is OCC(NC1CCCCC1)c1cc(Br)c2c(c1)OCCO2. The fourth-order valence-electron chi connectivity index (χ4n) is 3.14. The van der Waals surface area contributed by atoms with E-state index in [2.05, 4.69) is 21.2 Å². The molecule has 1 aliphatic carbocycles. The van der Waals surface area contributed by atoms with Crippen molar-refractivity contribution in [3.8, 4) is 11.5 Å². The van der Waals surface area contributed by atoms with Crippen LogP contribution < -0.4 is 14.8 Å². The molecule has 1 aromatic carbocycles. The number of aliphatic hydroxyl groups excluding tert-OH is 1. The van der Waals surface area contributed by atoms with Crippen molar-refractivity contribution in [1.29, 1.82) is 0 Å². The second-order valence-corrected chi connectivity index (χ2v) is 6.62. The second-order valence-electron chi connectivity index (χ2n) is 5.76. The van der Waals surface area contributed by atoms with E-state index in [0.717, 1.165) is 21.5 Å². The molecule has 0 aromatic heterocycles. The van der Waals surface area contributed by atoms with Crippen molar-refractivity contribution < 1.29 is 14.6 Å². The topological polar surface area (TPSA) is 50.7 Å². The normalized spacial score (nSPS) is 20.3. The van der Waals surface area contributed by atoms with Crippen molar-refractivity contribution in [3.63, 3.8) is 0 Å². The Bertz CT molecular complexity index is 489. The Hall–Kier alpha value is -0.780. The van der Waals surface area contributed by atoms with Gasteiger partial charge in [-0.25, -0.2) is 0 Å². The summed E-state index contributed by atoms with van der Waals surface area (Å²) in [6.45, 7) is 1.24. The number of hydrogen-bond donors (Lipinski definition) is 2. The van der Waals surface area contributed by atoms with Crippen molar-refractivity contribution in [1.82, 2.24) is 5.32 Å². The Morgan fingerprint density at radius 3 is 2.71 bits per heavy atom. The predicted octanol–water partition coefficient (Wildman–Crippen LogP) is 3.18. The van der Waals surface area contributed by atoms with E-state index in [-0.39, 0.29) is 12.6 Å². The van der Waals surface area contributed by atoms with Gasteiger partial charge in [0, 0.05) is 6.04 Å². The van der Waals surface area contributed by atoms with E-state index in [0.29, 0.717) is 19.3 Å². The molecular weight excluding hydrogens is 334 g/mol. The highest BCUT2D eigenvalue weighted by Crippen LogP contribution is 2.40. The zero-order valence-electron chi connectivity index (χ0n) is 12.1. The fraction of sp³-hybridized carbons (Fsp3) is 0.625. The zero-order valence-corrected chi connectivity index (χ0v) is 13.7. The van der Waals surface area contributed by atoms with Crippen LogP contribution >= 0.6 is 15.9 Å². The minimum Gasteiger partial charge on any atom is -0.486 e. The first-order valence-corrected chi connectivity index (χ1v) is 8.53. The van der Waals surface area contributed by atoms with Crippen LogP contribution in [0.4, 0.5) is 0 Å². The van der Waals surface area contributed by atoms with E-state index in [4.69, 9.17) is 9.47 Å². The zero-order chi connectivity index (χ0) is 14.7. The monoisotopic (exact) mass is 355 g/mol. The molecule has 4 nitrogen and oxygen atoms in total. The van der Waals surface area contributed by atoms with Crippen molar-refractivity contribution in [2.45, 2.75) is 44.2 Å². The molecule has 1 atom stereocenters. The molecule has 0 amide bonds. The highest BCUT2D eigenvalue weighted by molar-refractivity contribution is 9.10. The van der Waals surface area contributed by atoms with E-state index in [1.165, 1.54) is 32.1 Å². The summed E-state index contributed by atoms with van der Waals surface area (Å²) in [6.07, 6.45) is 6.28. The van der Waals surface area contributed by atoms with E-state index in [1.807, 2.05) is 12.1 Å². The van der Waals surface area contributed by atoms with Crippen LogP contribution in [0.25, 0.3) is 0 Å². The number of aliphatic hydroxyl groups is 1. The molecule has 21 heavy (non-hydrogen) atoms. The quantitative estimate of drug-likeness (QED) is 0.870. The van der Waals surface area contributed by atoms with Crippen molar-refractivity contribution in [2.24, 2.45) is 0 Å². The Morgan fingerprint density at radius 2 is 1.95 bits per heavy atom. The summed E-state index contributed by atoms with van der Waals surface area (Å²) < 4.78 is 12.2. The number of halogens is 1. The lowest BCUT2D eigenvalue weighted by Crippen LogP contribution is -2.36. The molecule has 3 rings (SSSR count). The van der Waals surface area contributed by atoms with Gasteiger partial charge in [0.25, 0.3) is 0 Å². The molecular formula is C16H22BrNO3. The first kappa shape index (κ1) is 15.1. The Labute approximate surface area is 134 Å². The second kappa shape index (κ2) is 6.99. The van der Waals surface area contributed by atoms with Crippen LogP contribution in [-0.4, -0.2) is 31.0 Å². The molecule has 1 heterocycles. The molecule has 1 saturated carbocycles. The third-order valence-corrected chi connectivity index (χ3v) is 4.84. The number of hydrogen-bond acceptors (Lipinski definition) is 4. The Balaban J connectivity index is 1.78. The Kier molecular flexibility index (Phi) is 5.03. The van der Waals surface area contributed by atoms with Crippen LogP contribution in [0.15, 0.2) is 16.6 Å². The maximum absolute atomic E-state index is 9.76. The molecule has 0 spiro atoms. The highest BCUT2D eigenvalue weighted by atomic mass is 79.9. The van der Waals surface area contributed by atoms with Gasteiger partial charge in [-0.3, -0.25) is 0 Å². The maximum atomic E-state index is 9.76. The average Bonchev–Trinajstić information content (AvgIpc) is 2.53. The third kappa shape index (κ3) is 3.52. The van der Waals surface area contributed by atoms with Gasteiger partial charge in [-0.15, -0.1) is 0 Å². The molecule has 1 unspecified atom stereocenters. The molecule has 116 valence electrons. The number of fused-ring (bicyclic) bond motifs is 1. The van der Waals surface area contributed by atoms with Crippen LogP contribution in [-0.2, 0) is 0 Å². The van der Waals surface area contributed by atoms with Crippen LogP contribution in [0.3, 0.4) is 0 Å². The lowest BCUT2D eigenvalue weighted by molar-refractivity contribution is 0.169. The van der Waals surface area contributed by atoms with E-state index < -0.39 is 0 Å². The minimum absolute atomic E-state index is 0.0553. The lowest BCUT2D eigenvalue weighted by atomic mass is 9.94. The molecule has 0 radical (unpaired) electrons. The summed E-state index contributed by atoms with van der Waals surface area (Å²) in [5.41, 5.74) is 1.04. The highest BCUT2D eigenvalue weighted by Gasteiger charge is 2.22. The van der Waals surface area contributed by atoms with Crippen molar-refractivity contribution in [3.05, 3.63) is 22.2 Å².